The summed E-state index contributed by atoms with van der Waals surface area (Å²) >= 11 is 0. The molecule has 1 saturated heterocycles. The predicted molar refractivity (Wildman–Crippen MR) is 99.9 cm³/mol. The topological polar surface area (TPSA) is 106 Å². The molecule has 0 spiro atoms. The molecule has 2 heterocycles. The van der Waals surface area contributed by atoms with E-state index < -0.39 is 6.04 Å². The Morgan fingerprint density at radius 3 is 2.74 bits per heavy atom. The van der Waals surface area contributed by atoms with Gasteiger partial charge in [0, 0.05) is 30.9 Å². The number of fused-ring (bicyclic) bond motifs is 1. The van der Waals surface area contributed by atoms with Crippen molar-refractivity contribution in [3.8, 4) is 11.5 Å². The van der Waals surface area contributed by atoms with Crippen LogP contribution in [0, 0.1) is 5.92 Å². The van der Waals surface area contributed by atoms with Crippen molar-refractivity contribution in [1.29, 1.82) is 0 Å². The van der Waals surface area contributed by atoms with Crippen molar-refractivity contribution in [1.82, 2.24) is 10.2 Å². The molecular weight excluding hydrogens is 348 g/mol. The van der Waals surface area contributed by atoms with Gasteiger partial charge in [-0.1, -0.05) is 0 Å². The second-order valence-electron chi connectivity index (χ2n) is 7.39. The summed E-state index contributed by atoms with van der Waals surface area (Å²) in [6.45, 7) is 2.04. The molecule has 2 aliphatic heterocycles. The Kier molecular flexibility index (Phi) is 5.07. The van der Waals surface area contributed by atoms with Gasteiger partial charge in [0.15, 0.2) is 11.5 Å². The summed E-state index contributed by atoms with van der Waals surface area (Å²) in [4.78, 5) is 26.8. The summed E-state index contributed by atoms with van der Waals surface area (Å²) in [5.74, 6) is 1.69. The van der Waals surface area contributed by atoms with Crippen molar-refractivity contribution in [3.05, 3.63) is 18.2 Å². The van der Waals surface area contributed by atoms with E-state index in [2.05, 4.69) is 10.6 Å². The van der Waals surface area contributed by atoms with E-state index in [0.717, 1.165) is 19.3 Å². The highest BCUT2D eigenvalue weighted by Crippen LogP contribution is 2.33. The molecule has 8 heteroatoms. The highest BCUT2D eigenvalue weighted by atomic mass is 16.6. The Bertz CT molecular complexity index is 722. The SMILES string of the molecule is NC(CNC(=O)[C@@H]1CCCN1C(=O)Nc1ccc2c(c1)OCCO2)C1CC1. The molecule has 1 aromatic carbocycles. The molecule has 3 amide bonds. The molecule has 1 saturated carbocycles. The van der Waals surface area contributed by atoms with E-state index in [-0.39, 0.29) is 18.0 Å². The number of carbonyl (C=O) groups is 2. The fourth-order valence-electron chi connectivity index (χ4n) is 3.63. The first-order chi connectivity index (χ1) is 13.1. The van der Waals surface area contributed by atoms with Gasteiger partial charge in [0.25, 0.3) is 0 Å². The van der Waals surface area contributed by atoms with Crippen LogP contribution in [0.5, 0.6) is 11.5 Å². The Morgan fingerprint density at radius 1 is 1.19 bits per heavy atom. The van der Waals surface area contributed by atoms with Crippen LogP contribution in [0.4, 0.5) is 10.5 Å². The molecule has 0 aromatic heterocycles. The fraction of sp³-hybridized carbons (Fsp3) is 0.579. The Labute approximate surface area is 158 Å². The van der Waals surface area contributed by atoms with E-state index in [1.807, 2.05) is 0 Å². The summed E-state index contributed by atoms with van der Waals surface area (Å²) in [7, 11) is 0. The van der Waals surface area contributed by atoms with Crippen molar-refractivity contribution in [2.24, 2.45) is 11.7 Å². The Morgan fingerprint density at radius 2 is 1.96 bits per heavy atom. The van der Waals surface area contributed by atoms with Crippen LogP contribution in [0.15, 0.2) is 18.2 Å². The number of hydrogen-bond acceptors (Lipinski definition) is 5. The van der Waals surface area contributed by atoms with Crippen LogP contribution in [-0.4, -0.2) is 55.2 Å². The van der Waals surface area contributed by atoms with Crippen LogP contribution < -0.4 is 25.8 Å². The number of hydrogen-bond donors (Lipinski definition) is 3. The predicted octanol–water partition coefficient (Wildman–Crippen LogP) is 1.31. The maximum Gasteiger partial charge on any atom is 0.322 e. The van der Waals surface area contributed by atoms with Gasteiger partial charge in [0.1, 0.15) is 19.3 Å². The molecule has 3 aliphatic rings. The smallest absolute Gasteiger partial charge is 0.322 e. The zero-order chi connectivity index (χ0) is 18.8. The standard InChI is InChI=1S/C19H26N4O4/c20-14(12-3-4-12)11-21-18(24)15-2-1-7-23(15)19(25)22-13-5-6-16-17(10-13)27-9-8-26-16/h5-6,10,12,14-15H,1-4,7-9,11,20H2,(H,21,24)(H,22,25)/t14?,15-/m0/s1. The largest absolute Gasteiger partial charge is 0.486 e. The third kappa shape index (κ3) is 4.10. The number of carbonyl (C=O) groups excluding carboxylic acids is 2. The van der Waals surface area contributed by atoms with Crippen molar-refractivity contribution in [2.45, 2.75) is 37.8 Å². The van der Waals surface area contributed by atoms with Crippen LogP contribution in [-0.2, 0) is 4.79 Å². The number of nitrogens with one attached hydrogen (secondary N) is 2. The minimum atomic E-state index is -0.450. The van der Waals surface area contributed by atoms with Gasteiger partial charge in [0.2, 0.25) is 5.91 Å². The summed E-state index contributed by atoms with van der Waals surface area (Å²) in [6.07, 6.45) is 3.76. The van der Waals surface area contributed by atoms with E-state index >= 15 is 0 Å². The molecule has 4 N–H and O–H groups in total. The van der Waals surface area contributed by atoms with Gasteiger partial charge in [-0.2, -0.15) is 0 Å². The molecule has 2 fully saturated rings. The van der Waals surface area contributed by atoms with Gasteiger partial charge < -0.3 is 30.7 Å². The molecule has 4 rings (SSSR count). The first-order valence-corrected chi connectivity index (χ1v) is 9.62. The number of benzene rings is 1. The number of likely N-dealkylation sites (tertiary alicyclic amines) is 1. The monoisotopic (exact) mass is 374 g/mol. The van der Waals surface area contributed by atoms with Gasteiger partial charge in [-0.15, -0.1) is 0 Å². The van der Waals surface area contributed by atoms with Crippen LogP contribution in [0.3, 0.4) is 0 Å². The fourth-order valence-corrected chi connectivity index (χ4v) is 3.63. The minimum absolute atomic E-state index is 0.00958. The lowest BCUT2D eigenvalue weighted by Gasteiger charge is -2.25. The van der Waals surface area contributed by atoms with Gasteiger partial charge in [-0.05, 0) is 43.7 Å². The number of urea groups is 1. The van der Waals surface area contributed by atoms with Crippen molar-refractivity contribution in [3.63, 3.8) is 0 Å². The lowest BCUT2D eigenvalue weighted by Crippen LogP contribution is -2.49. The van der Waals surface area contributed by atoms with Crippen LogP contribution in [0.1, 0.15) is 25.7 Å². The summed E-state index contributed by atoms with van der Waals surface area (Å²) in [6, 6.07) is 4.56. The molecule has 8 nitrogen and oxygen atoms in total. The average molecular weight is 374 g/mol. The lowest BCUT2D eigenvalue weighted by molar-refractivity contribution is -0.124. The summed E-state index contributed by atoms with van der Waals surface area (Å²) in [5, 5.41) is 5.77. The third-order valence-electron chi connectivity index (χ3n) is 5.35. The second kappa shape index (κ2) is 7.64. The number of nitrogens with two attached hydrogens (primary N) is 1. The van der Waals surface area contributed by atoms with Crippen molar-refractivity contribution < 1.29 is 19.1 Å². The van der Waals surface area contributed by atoms with E-state index in [1.54, 1.807) is 23.1 Å². The Balaban J connectivity index is 1.35. The second-order valence-corrected chi connectivity index (χ2v) is 7.39. The number of ether oxygens (including phenoxy) is 2. The molecule has 27 heavy (non-hydrogen) atoms. The number of rotatable bonds is 5. The highest BCUT2D eigenvalue weighted by Gasteiger charge is 2.35. The zero-order valence-corrected chi connectivity index (χ0v) is 15.3. The number of nitrogens with zero attached hydrogens (tertiary/aromatic N) is 1. The number of amides is 3. The first-order valence-electron chi connectivity index (χ1n) is 9.62. The van der Waals surface area contributed by atoms with Crippen molar-refractivity contribution >= 4 is 17.6 Å². The average Bonchev–Trinajstić information content (AvgIpc) is 3.42. The van der Waals surface area contributed by atoms with Gasteiger partial charge in [0.05, 0.1) is 0 Å². The van der Waals surface area contributed by atoms with E-state index in [1.165, 1.54) is 0 Å². The van der Waals surface area contributed by atoms with Crippen molar-refractivity contribution in [2.75, 3.05) is 31.6 Å². The van der Waals surface area contributed by atoms with E-state index in [4.69, 9.17) is 15.2 Å². The molecule has 1 aromatic rings. The van der Waals surface area contributed by atoms with E-state index in [9.17, 15) is 9.59 Å². The van der Waals surface area contributed by atoms with Crippen LogP contribution in [0.25, 0.3) is 0 Å². The quantitative estimate of drug-likeness (QED) is 0.721. The third-order valence-corrected chi connectivity index (χ3v) is 5.35. The highest BCUT2D eigenvalue weighted by molar-refractivity contribution is 5.94. The molecule has 1 aliphatic carbocycles. The zero-order valence-electron chi connectivity index (χ0n) is 15.3. The Hall–Kier alpha value is -2.48. The van der Waals surface area contributed by atoms with Gasteiger partial charge >= 0.3 is 6.03 Å². The maximum atomic E-state index is 12.7. The molecular formula is C19H26N4O4. The molecule has 0 radical (unpaired) electrons. The molecule has 0 bridgehead atoms. The van der Waals surface area contributed by atoms with Gasteiger partial charge in [-0.25, -0.2) is 4.79 Å². The lowest BCUT2D eigenvalue weighted by atomic mass is 10.1. The summed E-state index contributed by atoms with van der Waals surface area (Å²) < 4.78 is 11.0. The van der Waals surface area contributed by atoms with Crippen LogP contribution >= 0.6 is 0 Å². The first kappa shape index (κ1) is 17.9. The minimum Gasteiger partial charge on any atom is -0.486 e. The molecule has 146 valence electrons. The maximum absolute atomic E-state index is 12.7. The molecule has 1 unspecified atom stereocenters. The van der Waals surface area contributed by atoms with Gasteiger partial charge in [-0.3, -0.25) is 4.79 Å². The van der Waals surface area contributed by atoms with E-state index in [0.29, 0.717) is 55.8 Å². The van der Waals surface area contributed by atoms with Crippen LogP contribution in [0.2, 0.25) is 0 Å². The molecule has 2 atom stereocenters. The summed E-state index contributed by atoms with van der Waals surface area (Å²) in [5.41, 5.74) is 6.67. The number of anilines is 1. The normalized spacial score (nSPS) is 22.3.